The molecule has 0 saturated carbocycles. The number of nitrogens with one attached hydrogen (secondary N) is 1. The van der Waals surface area contributed by atoms with Crippen molar-refractivity contribution in [2.24, 2.45) is 7.05 Å². The smallest absolute Gasteiger partial charge is 0.416 e. The minimum Gasteiger partial charge on any atom is -0.475 e. The number of sulfone groups is 1. The molecule has 13 heteroatoms. The zero-order valence-electron chi connectivity index (χ0n) is 14.2. The molecular formula is C15H14F3N3O6S. The summed E-state index contributed by atoms with van der Waals surface area (Å²) in [4.78, 5) is 25.8. The van der Waals surface area contributed by atoms with Crippen LogP contribution in [0.3, 0.4) is 0 Å². The fourth-order valence-electron chi connectivity index (χ4n) is 2.08. The van der Waals surface area contributed by atoms with Gasteiger partial charge in [-0.2, -0.15) is 13.2 Å². The Morgan fingerprint density at radius 1 is 1.25 bits per heavy atom. The van der Waals surface area contributed by atoms with Crippen LogP contribution in [-0.4, -0.2) is 47.5 Å². The summed E-state index contributed by atoms with van der Waals surface area (Å²) in [5.74, 6) is -2.42. The average molecular weight is 421 g/mol. The van der Waals surface area contributed by atoms with Gasteiger partial charge in [0.05, 0.1) is 16.2 Å². The summed E-state index contributed by atoms with van der Waals surface area (Å²) in [7, 11) is -2.58. The minimum atomic E-state index is -4.59. The lowest BCUT2D eigenvalue weighted by Crippen LogP contribution is -2.19. The van der Waals surface area contributed by atoms with E-state index in [4.69, 9.17) is 5.11 Å². The van der Waals surface area contributed by atoms with Gasteiger partial charge in [-0.1, -0.05) is 0 Å². The molecule has 1 heterocycles. The number of carbonyl (C=O) groups is 2. The summed E-state index contributed by atoms with van der Waals surface area (Å²) in [6.45, 7) is -0.576. The number of aromatic carboxylic acids is 1. The molecule has 2 aromatic rings. The lowest BCUT2D eigenvalue weighted by Gasteiger charge is -2.09. The highest BCUT2D eigenvalue weighted by atomic mass is 32.2. The maximum Gasteiger partial charge on any atom is 0.416 e. The first-order valence-electron chi connectivity index (χ1n) is 7.50. The van der Waals surface area contributed by atoms with E-state index in [0.717, 1.165) is 16.7 Å². The number of hydrogen-bond donors (Lipinski definition) is 2. The number of rotatable bonds is 6. The molecule has 0 fully saturated rings. The summed E-state index contributed by atoms with van der Waals surface area (Å²) in [5, 5.41) is 11.0. The van der Waals surface area contributed by atoms with E-state index in [1.807, 2.05) is 0 Å². The Morgan fingerprint density at radius 2 is 1.86 bits per heavy atom. The van der Waals surface area contributed by atoms with E-state index < -0.39 is 46.0 Å². The molecule has 0 aliphatic carbocycles. The van der Waals surface area contributed by atoms with Crippen molar-refractivity contribution in [3.63, 3.8) is 0 Å². The van der Waals surface area contributed by atoms with Gasteiger partial charge in [-0.25, -0.2) is 23.0 Å². The van der Waals surface area contributed by atoms with E-state index in [0.29, 0.717) is 12.1 Å². The van der Waals surface area contributed by atoms with Crippen LogP contribution in [0.4, 0.5) is 23.8 Å². The van der Waals surface area contributed by atoms with Gasteiger partial charge in [0.25, 0.3) is 0 Å². The maximum absolute atomic E-state index is 12.5. The van der Waals surface area contributed by atoms with E-state index in [1.165, 1.54) is 13.2 Å². The van der Waals surface area contributed by atoms with Crippen LogP contribution in [0.2, 0.25) is 0 Å². The van der Waals surface area contributed by atoms with Crippen molar-refractivity contribution >= 4 is 27.7 Å². The van der Waals surface area contributed by atoms with Gasteiger partial charge in [0.1, 0.15) is 6.61 Å². The molecule has 0 atom stereocenters. The molecular weight excluding hydrogens is 407 g/mol. The number of carboxylic acids is 1. The molecule has 0 aliphatic rings. The summed E-state index contributed by atoms with van der Waals surface area (Å²) >= 11 is 0. The number of amides is 1. The maximum atomic E-state index is 12.5. The molecule has 2 N–H and O–H groups in total. The van der Waals surface area contributed by atoms with Crippen molar-refractivity contribution in [2.45, 2.75) is 11.1 Å². The first-order chi connectivity index (χ1) is 12.9. The molecule has 1 aromatic heterocycles. The van der Waals surface area contributed by atoms with Gasteiger partial charge in [-0.05, 0) is 24.3 Å². The molecule has 1 aromatic carbocycles. The second-order valence-electron chi connectivity index (χ2n) is 5.47. The van der Waals surface area contributed by atoms with E-state index in [-0.39, 0.29) is 16.5 Å². The van der Waals surface area contributed by atoms with E-state index >= 15 is 0 Å². The van der Waals surface area contributed by atoms with E-state index in [2.05, 4.69) is 15.0 Å². The number of anilines is 1. The standard InChI is InChI=1S/C15H14F3N3O6S/c1-21-8-11(19-12(21)13(22)23)20-14(24)27-6-7-28(25,26)10-4-2-9(3-5-10)15(16,17)18/h2-5,8H,6-7H2,1H3,(H,20,24)(H,22,23). The highest BCUT2D eigenvalue weighted by Crippen LogP contribution is 2.29. The van der Waals surface area contributed by atoms with Crippen molar-refractivity contribution < 1.29 is 41.0 Å². The van der Waals surface area contributed by atoms with Crippen LogP contribution in [0.15, 0.2) is 35.4 Å². The van der Waals surface area contributed by atoms with Crippen LogP contribution >= 0.6 is 0 Å². The fraction of sp³-hybridized carbons (Fsp3) is 0.267. The fourth-order valence-corrected chi connectivity index (χ4v) is 3.17. The number of hydrogen-bond acceptors (Lipinski definition) is 6. The van der Waals surface area contributed by atoms with Crippen molar-refractivity contribution in [3.8, 4) is 0 Å². The third-order valence-corrected chi connectivity index (χ3v) is 5.12. The Hall–Kier alpha value is -3.09. The number of ether oxygens (including phenoxy) is 1. The van der Waals surface area contributed by atoms with E-state index in [9.17, 15) is 31.2 Å². The Morgan fingerprint density at radius 3 is 2.36 bits per heavy atom. The molecule has 0 saturated heterocycles. The lowest BCUT2D eigenvalue weighted by atomic mass is 10.2. The number of carboxylic acid groups (broad SMARTS) is 1. The van der Waals surface area contributed by atoms with Gasteiger partial charge in [0, 0.05) is 13.2 Å². The Kier molecular flexibility index (Phi) is 5.97. The zero-order valence-corrected chi connectivity index (χ0v) is 15.0. The Bertz CT molecular complexity index is 983. The monoisotopic (exact) mass is 421 g/mol. The molecule has 9 nitrogen and oxygen atoms in total. The van der Waals surface area contributed by atoms with Crippen LogP contribution in [0.5, 0.6) is 0 Å². The summed E-state index contributed by atoms with van der Waals surface area (Å²) in [6, 6.07) is 2.92. The quantitative estimate of drug-likeness (QED) is 0.732. The minimum absolute atomic E-state index is 0.115. The number of imidazole rings is 1. The highest BCUT2D eigenvalue weighted by Gasteiger charge is 2.30. The topological polar surface area (TPSA) is 128 Å². The summed E-state index contributed by atoms with van der Waals surface area (Å²) in [6.07, 6.45) is -4.45. The average Bonchev–Trinajstić information content (AvgIpc) is 2.94. The molecule has 1 amide bonds. The third-order valence-electron chi connectivity index (χ3n) is 3.42. The van der Waals surface area contributed by atoms with Gasteiger partial charge >= 0.3 is 18.2 Å². The third kappa shape index (κ3) is 5.22. The second-order valence-corrected chi connectivity index (χ2v) is 7.58. The number of nitrogens with zero attached hydrogens (tertiary/aromatic N) is 2. The number of halogens is 3. The molecule has 0 spiro atoms. The van der Waals surface area contributed by atoms with Crippen LogP contribution < -0.4 is 5.32 Å². The van der Waals surface area contributed by atoms with Gasteiger partial charge in [-0.15, -0.1) is 0 Å². The number of alkyl halides is 3. The first kappa shape index (κ1) is 21.2. The molecule has 0 bridgehead atoms. The SMILES string of the molecule is Cn1cc(NC(=O)OCCS(=O)(=O)c2ccc(C(F)(F)F)cc2)nc1C(=O)O. The number of aromatic nitrogens is 2. The molecule has 0 unspecified atom stereocenters. The zero-order chi connectivity index (χ0) is 21.1. The van der Waals surface area contributed by atoms with Crippen molar-refractivity contribution in [1.29, 1.82) is 0 Å². The van der Waals surface area contributed by atoms with Crippen molar-refractivity contribution in [2.75, 3.05) is 17.7 Å². The van der Waals surface area contributed by atoms with Gasteiger partial charge in [0.15, 0.2) is 15.7 Å². The second kappa shape index (κ2) is 7.88. The first-order valence-corrected chi connectivity index (χ1v) is 9.16. The molecule has 0 aliphatic heterocycles. The highest BCUT2D eigenvalue weighted by molar-refractivity contribution is 7.91. The predicted molar refractivity (Wildman–Crippen MR) is 88.6 cm³/mol. The van der Waals surface area contributed by atoms with E-state index in [1.54, 1.807) is 0 Å². The number of benzene rings is 1. The summed E-state index contributed by atoms with van der Waals surface area (Å²) in [5.41, 5.74) is -0.988. The molecule has 2 rings (SSSR count). The van der Waals surface area contributed by atoms with Crippen LogP contribution in [0, 0.1) is 0 Å². The van der Waals surface area contributed by atoms with Gasteiger partial charge in [-0.3, -0.25) is 5.32 Å². The Balaban J connectivity index is 1.92. The lowest BCUT2D eigenvalue weighted by molar-refractivity contribution is -0.137. The number of carbonyl (C=O) groups excluding carboxylic acids is 1. The molecule has 28 heavy (non-hydrogen) atoms. The predicted octanol–water partition coefficient (Wildman–Crippen LogP) is 2.16. The Labute approximate surface area is 156 Å². The summed E-state index contributed by atoms with van der Waals surface area (Å²) < 4.78 is 67.5. The van der Waals surface area contributed by atoms with Crippen LogP contribution in [0.25, 0.3) is 0 Å². The molecule has 152 valence electrons. The van der Waals surface area contributed by atoms with Crippen molar-refractivity contribution in [1.82, 2.24) is 9.55 Å². The number of aryl methyl sites for hydroxylation is 1. The van der Waals surface area contributed by atoms with Gasteiger partial charge in [0.2, 0.25) is 5.82 Å². The van der Waals surface area contributed by atoms with Crippen molar-refractivity contribution in [3.05, 3.63) is 41.9 Å². The van der Waals surface area contributed by atoms with Gasteiger partial charge < -0.3 is 14.4 Å². The van der Waals surface area contributed by atoms with Crippen LogP contribution in [0.1, 0.15) is 16.2 Å². The van der Waals surface area contributed by atoms with Crippen LogP contribution in [-0.2, 0) is 27.8 Å². The normalized spacial score (nSPS) is 11.9. The molecule has 0 radical (unpaired) electrons. The largest absolute Gasteiger partial charge is 0.475 e.